The van der Waals surface area contributed by atoms with Gasteiger partial charge in [0.25, 0.3) is 0 Å². The molecule has 1 aliphatic carbocycles. The molecule has 0 unspecified atom stereocenters. The van der Waals surface area contributed by atoms with E-state index in [0.29, 0.717) is 16.9 Å². The monoisotopic (exact) mass is 682 g/mol. The third-order valence-corrected chi connectivity index (χ3v) is 12.6. The minimum Gasteiger partial charge on any atom is -0.481 e. The lowest BCUT2D eigenvalue weighted by Crippen LogP contribution is -2.40. The summed E-state index contributed by atoms with van der Waals surface area (Å²) >= 11 is 0. The van der Waals surface area contributed by atoms with E-state index in [0.717, 1.165) is 53.5 Å². The number of rotatable bonds is 5. The molecule has 8 nitrogen and oxygen atoms in total. The van der Waals surface area contributed by atoms with Gasteiger partial charge in [0, 0.05) is 83.3 Å². The highest BCUT2D eigenvalue weighted by molar-refractivity contribution is 7.89. The zero-order valence-corrected chi connectivity index (χ0v) is 28.3. The molecule has 0 amide bonds. The predicted octanol–water partition coefficient (Wildman–Crippen LogP) is 7.04. The molecule has 1 saturated heterocycles. The van der Waals surface area contributed by atoms with Crippen molar-refractivity contribution in [3.63, 3.8) is 0 Å². The largest absolute Gasteiger partial charge is 0.481 e. The van der Waals surface area contributed by atoms with E-state index in [-0.39, 0.29) is 30.8 Å². The second-order valence-corrected chi connectivity index (χ2v) is 15.3. The third kappa shape index (κ3) is 5.03. The molecule has 0 bridgehead atoms. The summed E-state index contributed by atoms with van der Waals surface area (Å²) in [6.07, 6.45) is 2.50. The summed E-state index contributed by atoms with van der Waals surface area (Å²) in [6, 6.07) is 36.5. The Balaban J connectivity index is 1.25. The minimum atomic E-state index is -3.94. The number of benzene rings is 5. The van der Waals surface area contributed by atoms with Crippen molar-refractivity contribution in [1.82, 2.24) is 8.88 Å². The number of sulfonamides is 1. The second kappa shape index (κ2) is 12.0. The molecule has 4 aromatic carbocycles. The summed E-state index contributed by atoms with van der Waals surface area (Å²) in [5.74, 6) is -0.737. The number of hydrogen-bond donors (Lipinski definition) is 1. The number of piperidine rings is 1. The number of anilines is 2. The fourth-order valence-corrected chi connectivity index (χ4v) is 9.75. The van der Waals surface area contributed by atoms with Gasteiger partial charge in [-0.25, -0.2) is 8.42 Å². The SMILES string of the molecule is O=C(O)C1CCN(S(=O)(=O)c2ccccc2-c2c3cc/c(=[N+]4/CCc5ccccc54)cc-3oc3cc(N4CCc5ccccc54)ccc23)CC1. The van der Waals surface area contributed by atoms with Crippen LogP contribution in [0.5, 0.6) is 0 Å². The molecule has 250 valence electrons. The van der Waals surface area contributed by atoms with Crippen LogP contribution in [0, 0.1) is 5.92 Å². The maximum Gasteiger partial charge on any atom is 0.306 e. The quantitative estimate of drug-likeness (QED) is 0.155. The van der Waals surface area contributed by atoms with E-state index in [9.17, 15) is 18.3 Å². The van der Waals surface area contributed by atoms with Gasteiger partial charge in [0.2, 0.25) is 21.1 Å². The van der Waals surface area contributed by atoms with Crippen LogP contribution in [0.3, 0.4) is 0 Å². The molecular formula is C41H36N3O5S+. The van der Waals surface area contributed by atoms with Crippen molar-refractivity contribution in [2.45, 2.75) is 30.6 Å². The smallest absolute Gasteiger partial charge is 0.306 e. The zero-order valence-electron chi connectivity index (χ0n) is 27.5. The Morgan fingerprint density at radius 2 is 1.54 bits per heavy atom. The first kappa shape index (κ1) is 30.8. The van der Waals surface area contributed by atoms with E-state index in [4.69, 9.17) is 4.42 Å². The van der Waals surface area contributed by atoms with Gasteiger partial charge in [-0.1, -0.05) is 54.6 Å². The van der Waals surface area contributed by atoms with Crippen LogP contribution in [0.4, 0.5) is 17.1 Å². The first-order chi connectivity index (χ1) is 24.4. The standard InChI is InChI=1S/C41H35N3O5S/c45-41(46)29-17-21-42(22-18-29)50(47,48)39-12-6-3-9-34(39)40-32-15-13-30(43-23-19-27-7-1-4-10-35(27)43)25-37(32)49-38-26-31(14-16-33(38)40)44-24-20-28-8-2-5-11-36(28)44/h1-16,25-26,29H,17-24H2/p+1. The van der Waals surface area contributed by atoms with Crippen molar-refractivity contribution in [2.75, 3.05) is 31.1 Å². The molecule has 4 aromatic rings. The van der Waals surface area contributed by atoms with Gasteiger partial charge in [0.05, 0.1) is 16.9 Å². The van der Waals surface area contributed by atoms with Crippen LogP contribution in [0.2, 0.25) is 0 Å². The predicted molar refractivity (Wildman–Crippen MR) is 194 cm³/mol. The maximum absolute atomic E-state index is 14.4. The summed E-state index contributed by atoms with van der Waals surface area (Å²) in [4.78, 5) is 14.1. The van der Waals surface area contributed by atoms with E-state index in [2.05, 4.69) is 94.4 Å². The van der Waals surface area contributed by atoms with Crippen LogP contribution in [0.25, 0.3) is 33.4 Å². The Morgan fingerprint density at radius 1 is 0.780 bits per heavy atom. The Bertz CT molecular complexity index is 2480. The summed E-state index contributed by atoms with van der Waals surface area (Å²) < 4.78 is 39.3. The number of aliphatic carboxylic acids is 1. The van der Waals surface area contributed by atoms with Crippen LogP contribution in [0.1, 0.15) is 24.0 Å². The van der Waals surface area contributed by atoms with E-state index in [1.807, 2.05) is 12.1 Å². The minimum absolute atomic E-state index is 0.167. The molecule has 0 spiro atoms. The van der Waals surface area contributed by atoms with E-state index >= 15 is 0 Å². The lowest BCUT2D eigenvalue weighted by atomic mass is 9.93. The Kier molecular flexibility index (Phi) is 7.37. The molecule has 50 heavy (non-hydrogen) atoms. The van der Waals surface area contributed by atoms with Gasteiger partial charge in [0.15, 0.2) is 6.54 Å². The van der Waals surface area contributed by atoms with Crippen molar-refractivity contribution < 1.29 is 22.7 Å². The average molecular weight is 683 g/mol. The number of hydrogen-bond acceptors (Lipinski definition) is 5. The lowest BCUT2D eigenvalue weighted by molar-refractivity contribution is -0.142. The van der Waals surface area contributed by atoms with Crippen LogP contribution in [0.15, 0.2) is 119 Å². The van der Waals surface area contributed by atoms with Crippen molar-refractivity contribution in [2.24, 2.45) is 5.92 Å². The molecule has 0 aromatic heterocycles. The maximum atomic E-state index is 14.4. The molecular weight excluding hydrogens is 647 g/mol. The fourth-order valence-electron chi connectivity index (χ4n) is 8.09. The molecule has 1 N–H and O–H groups in total. The van der Waals surface area contributed by atoms with Gasteiger partial charge in [-0.15, -0.1) is 0 Å². The second-order valence-electron chi connectivity index (χ2n) is 13.4. The molecule has 4 heterocycles. The molecule has 0 radical (unpaired) electrons. The van der Waals surface area contributed by atoms with Crippen LogP contribution in [-0.2, 0) is 27.7 Å². The molecule has 0 atom stereocenters. The Morgan fingerprint density at radius 3 is 2.38 bits per heavy atom. The van der Waals surface area contributed by atoms with Gasteiger partial charge in [-0.3, -0.25) is 4.79 Å². The number of fused-ring (bicyclic) bond motifs is 4. The van der Waals surface area contributed by atoms with E-state index in [1.165, 1.54) is 26.8 Å². The number of carbonyl (C=O) groups is 1. The molecule has 5 aliphatic rings. The summed E-state index contributed by atoms with van der Waals surface area (Å²) in [5.41, 5.74) is 8.89. The van der Waals surface area contributed by atoms with Gasteiger partial charge >= 0.3 is 5.97 Å². The van der Waals surface area contributed by atoms with Gasteiger partial charge in [-0.05, 0) is 55.2 Å². The molecule has 4 aliphatic heterocycles. The van der Waals surface area contributed by atoms with E-state index < -0.39 is 21.9 Å². The van der Waals surface area contributed by atoms with Crippen molar-refractivity contribution >= 4 is 44.0 Å². The molecule has 9 rings (SSSR count). The van der Waals surface area contributed by atoms with Gasteiger partial charge in [-0.2, -0.15) is 8.88 Å². The topological polar surface area (TPSA) is 94.1 Å². The average Bonchev–Trinajstić information content (AvgIpc) is 3.78. The van der Waals surface area contributed by atoms with Gasteiger partial charge < -0.3 is 14.4 Å². The lowest BCUT2D eigenvalue weighted by Gasteiger charge is -2.30. The van der Waals surface area contributed by atoms with Crippen molar-refractivity contribution in [3.05, 3.63) is 126 Å². The molecule has 1 fully saturated rings. The van der Waals surface area contributed by atoms with E-state index in [1.54, 1.807) is 12.1 Å². The van der Waals surface area contributed by atoms with Gasteiger partial charge in [0.1, 0.15) is 11.3 Å². The summed E-state index contributed by atoms with van der Waals surface area (Å²) in [5, 5.41) is 11.4. The third-order valence-electron chi connectivity index (χ3n) is 10.7. The van der Waals surface area contributed by atoms with Crippen LogP contribution >= 0.6 is 0 Å². The summed E-state index contributed by atoms with van der Waals surface area (Å²) in [7, 11) is -3.94. The van der Waals surface area contributed by atoms with Crippen LogP contribution < -0.4 is 14.8 Å². The highest BCUT2D eigenvalue weighted by Gasteiger charge is 2.35. The number of carboxylic acids is 1. The number of para-hydroxylation sites is 2. The highest BCUT2D eigenvalue weighted by Crippen LogP contribution is 2.45. The number of nitrogens with zero attached hydrogens (tertiary/aromatic N) is 3. The van der Waals surface area contributed by atoms with Crippen molar-refractivity contribution in [1.29, 1.82) is 0 Å². The van der Waals surface area contributed by atoms with Crippen molar-refractivity contribution in [3.8, 4) is 22.5 Å². The van der Waals surface area contributed by atoms with Crippen LogP contribution in [-0.4, -0.2) is 50.0 Å². The normalized spacial score (nSPS) is 17.7. The fraction of sp³-hybridized carbons (Fsp3) is 0.220. The first-order valence-electron chi connectivity index (χ1n) is 17.2. The Hall–Kier alpha value is -5.25. The number of carboxylic acid groups (broad SMARTS) is 1. The highest BCUT2D eigenvalue weighted by atomic mass is 32.2. The molecule has 0 saturated carbocycles. The Labute approximate surface area is 290 Å². The molecule has 9 heteroatoms. The first-order valence-corrected chi connectivity index (χ1v) is 18.7. The zero-order chi connectivity index (χ0) is 34.0. The summed E-state index contributed by atoms with van der Waals surface area (Å²) in [6.45, 7) is 2.06.